The summed E-state index contributed by atoms with van der Waals surface area (Å²) in [4.78, 5) is 13.3. The Balaban J connectivity index is 2.16. The van der Waals surface area contributed by atoms with Crippen LogP contribution in [0.25, 0.3) is 0 Å². The molecule has 1 fully saturated rings. The first-order valence-electron chi connectivity index (χ1n) is 6.94. The minimum absolute atomic E-state index is 0.0118. The van der Waals surface area contributed by atoms with Crippen LogP contribution in [0.2, 0.25) is 0 Å². The number of hydrogen-bond acceptors (Lipinski definition) is 3. The van der Waals surface area contributed by atoms with Gasteiger partial charge in [-0.1, -0.05) is 6.42 Å². The van der Waals surface area contributed by atoms with Gasteiger partial charge in [-0.15, -0.1) is 0 Å². The second kappa shape index (κ2) is 6.11. The predicted molar refractivity (Wildman–Crippen MR) is 75.9 cm³/mol. The minimum Gasteiger partial charge on any atom is -0.486 e. The average Bonchev–Trinajstić information content (AvgIpc) is 2.42. The number of amides is 1. The van der Waals surface area contributed by atoms with E-state index in [1.54, 1.807) is 18.9 Å². The van der Waals surface area contributed by atoms with E-state index in [0.717, 1.165) is 25.7 Å². The summed E-state index contributed by atoms with van der Waals surface area (Å²) in [5.41, 5.74) is 6.23. The summed E-state index contributed by atoms with van der Waals surface area (Å²) in [6.07, 6.45) is 3.72. The van der Waals surface area contributed by atoms with Gasteiger partial charge in [0.1, 0.15) is 17.7 Å². The molecule has 0 bridgehead atoms. The Morgan fingerprint density at radius 2 is 2.10 bits per heavy atom. The first-order chi connectivity index (χ1) is 9.49. The molecular weight excluding hydrogens is 259 g/mol. The first-order valence-corrected chi connectivity index (χ1v) is 6.94. The van der Waals surface area contributed by atoms with Crippen molar-refractivity contribution in [3.8, 4) is 5.75 Å². The zero-order valence-corrected chi connectivity index (χ0v) is 11.9. The Kier molecular flexibility index (Phi) is 4.47. The Labute approximate surface area is 118 Å². The highest BCUT2D eigenvalue weighted by Gasteiger charge is 2.31. The fourth-order valence-corrected chi connectivity index (χ4v) is 2.66. The van der Waals surface area contributed by atoms with Crippen molar-refractivity contribution in [3.05, 3.63) is 24.0 Å². The molecule has 0 radical (unpaired) electrons. The van der Waals surface area contributed by atoms with Crippen molar-refractivity contribution < 1.29 is 13.9 Å². The van der Waals surface area contributed by atoms with Crippen molar-refractivity contribution in [2.24, 2.45) is 0 Å². The molecule has 1 amide bonds. The van der Waals surface area contributed by atoms with E-state index in [1.165, 1.54) is 18.2 Å². The summed E-state index contributed by atoms with van der Waals surface area (Å²) in [5.74, 6) is -0.00181. The number of anilines is 1. The molecule has 0 heterocycles. The lowest BCUT2D eigenvalue weighted by Crippen LogP contribution is -2.48. The standard InChI is InChI=1S/C15H21FN2O2/c1-10(19)18(2)13-5-3-4-6-14(13)20-15-9-11(16)7-8-12(15)17/h7-9,13-14H,3-6,17H2,1-2H3/t13-,14-/m1/s1. The topological polar surface area (TPSA) is 55.6 Å². The number of nitrogen functional groups attached to an aromatic ring is 1. The van der Waals surface area contributed by atoms with Crippen LogP contribution in [-0.2, 0) is 4.79 Å². The molecule has 0 saturated heterocycles. The molecule has 110 valence electrons. The average molecular weight is 280 g/mol. The van der Waals surface area contributed by atoms with Gasteiger partial charge < -0.3 is 15.4 Å². The molecule has 1 aliphatic carbocycles. The highest BCUT2D eigenvalue weighted by molar-refractivity contribution is 5.73. The Morgan fingerprint density at radius 1 is 1.40 bits per heavy atom. The molecule has 1 aromatic rings. The number of carbonyl (C=O) groups is 1. The smallest absolute Gasteiger partial charge is 0.219 e. The van der Waals surface area contributed by atoms with Crippen LogP contribution in [-0.4, -0.2) is 30.0 Å². The van der Waals surface area contributed by atoms with E-state index in [4.69, 9.17) is 10.5 Å². The molecule has 4 nitrogen and oxygen atoms in total. The highest BCUT2D eigenvalue weighted by atomic mass is 19.1. The number of nitrogens with zero attached hydrogens (tertiary/aromatic N) is 1. The summed E-state index contributed by atoms with van der Waals surface area (Å²) in [7, 11) is 1.78. The maximum absolute atomic E-state index is 13.3. The molecular formula is C15H21FN2O2. The lowest BCUT2D eigenvalue weighted by Gasteiger charge is -2.37. The number of benzene rings is 1. The number of carbonyl (C=O) groups excluding carboxylic acids is 1. The van der Waals surface area contributed by atoms with Crippen LogP contribution in [0.4, 0.5) is 10.1 Å². The van der Waals surface area contributed by atoms with Crippen molar-refractivity contribution in [2.45, 2.75) is 44.8 Å². The van der Waals surface area contributed by atoms with Crippen LogP contribution in [0, 0.1) is 5.82 Å². The predicted octanol–water partition coefficient (Wildman–Crippen LogP) is 2.58. The third-order valence-electron chi connectivity index (χ3n) is 3.92. The second-order valence-corrected chi connectivity index (χ2v) is 5.32. The van der Waals surface area contributed by atoms with Gasteiger partial charge in [-0.05, 0) is 31.4 Å². The van der Waals surface area contributed by atoms with Gasteiger partial charge in [0, 0.05) is 20.0 Å². The maximum atomic E-state index is 13.3. The second-order valence-electron chi connectivity index (χ2n) is 5.32. The summed E-state index contributed by atoms with van der Waals surface area (Å²) in [6.45, 7) is 1.54. The van der Waals surface area contributed by atoms with Crippen molar-refractivity contribution in [2.75, 3.05) is 12.8 Å². The van der Waals surface area contributed by atoms with Crippen molar-refractivity contribution in [3.63, 3.8) is 0 Å². The fraction of sp³-hybridized carbons (Fsp3) is 0.533. The first kappa shape index (κ1) is 14.6. The molecule has 20 heavy (non-hydrogen) atoms. The Bertz CT molecular complexity index is 493. The van der Waals surface area contributed by atoms with Crippen LogP contribution >= 0.6 is 0 Å². The van der Waals surface area contributed by atoms with Gasteiger partial charge in [0.25, 0.3) is 0 Å². The fourth-order valence-electron chi connectivity index (χ4n) is 2.66. The van der Waals surface area contributed by atoms with Gasteiger partial charge in [0.15, 0.2) is 0 Å². The van der Waals surface area contributed by atoms with E-state index in [9.17, 15) is 9.18 Å². The molecule has 1 saturated carbocycles. The number of nitrogens with two attached hydrogens (primary N) is 1. The number of hydrogen-bond donors (Lipinski definition) is 1. The quantitative estimate of drug-likeness (QED) is 0.866. The monoisotopic (exact) mass is 280 g/mol. The van der Waals surface area contributed by atoms with E-state index < -0.39 is 0 Å². The molecule has 0 spiro atoms. The lowest BCUT2D eigenvalue weighted by atomic mass is 9.91. The normalized spacial score (nSPS) is 22.4. The summed E-state index contributed by atoms with van der Waals surface area (Å²) >= 11 is 0. The molecule has 1 aliphatic rings. The van der Waals surface area contributed by atoms with Crippen LogP contribution in [0.15, 0.2) is 18.2 Å². The van der Waals surface area contributed by atoms with Crippen molar-refractivity contribution >= 4 is 11.6 Å². The van der Waals surface area contributed by atoms with E-state index in [2.05, 4.69) is 0 Å². The van der Waals surface area contributed by atoms with Gasteiger partial charge in [-0.25, -0.2) is 4.39 Å². The molecule has 2 N–H and O–H groups in total. The molecule has 2 rings (SSSR count). The van der Waals surface area contributed by atoms with E-state index >= 15 is 0 Å². The van der Waals surface area contributed by atoms with Crippen LogP contribution in [0.3, 0.4) is 0 Å². The summed E-state index contributed by atoms with van der Waals surface area (Å²) < 4.78 is 19.2. The third kappa shape index (κ3) is 3.21. The summed E-state index contributed by atoms with van der Waals surface area (Å²) in [5, 5.41) is 0. The largest absolute Gasteiger partial charge is 0.486 e. The van der Waals surface area contributed by atoms with Crippen molar-refractivity contribution in [1.29, 1.82) is 0 Å². The molecule has 1 aromatic carbocycles. The highest BCUT2D eigenvalue weighted by Crippen LogP contribution is 2.30. The van der Waals surface area contributed by atoms with Crippen molar-refractivity contribution in [1.82, 2.24) is 4.90 Å². The van der Waals surface area contributed by atoms with Gasteiger partial charge >= 0.3 is 0 Å². The number of halogens is 1. The number of rotatable bonds is 3. The zero-order valence-electron chi connectivity index (χ0n) is 11.9. The van der Waals surface area contributed by atoms with Gasteiger partial charge in [-0.3, -0.25) is 4.79 Å². The van der Waals surface area contributed by atoms with Crippen LogP contribution < -0.4 is 10.5 Å². The van der Waals surface area contributed by atoms with E-state index in [1.807, 2.05) is 0 Å². The Hall–Kier alpha value is -1.78. The minimum atomic E-state index is -0.374. The zero-order chi connectivity index (χ0) is 14.7. The lowest BCUT2D eigenvalue weighted by molar-refractivity contribution is -0.132. The van der Waals surface area contributed by atoms with E-state index in [0.29, 0.717) is 11.4 Å². The SMILES string of the molecule is CC(=O)N(C)[C@@H]1CCCC[C@H]1Oc1cc(F)ccc1N. The number of likely N-dealkylation sites (N-methyl/N-ethyl adjacent to an activating group) is 1. The molecule has 0 aromatic heterocycles. The van der Waals surface area contributed by atoms with Crippen LogP contribution in [0.5, 0.6) is 5.75 Å². The molecule has 5 heteroatoms. The van der Waals surface area contributed by atoms with Crippen LogP contribution in [0.1, 0.15) is 32.6 Å². The molecule has 0 unspecified atom stereocenters. The molecule has 0 aliphatic heterocycles. The third-order valence-corrected chi connectivity index (χ3v) is 3.92. The van der Waals surface area contributed by atoms with Gasteiger partial charge in [0.2, 0.25) is 5.91 Å². The summed E-state index contributed by atoms with van der Waals surface area (Å²) in [6, 6.07) is 4.12. The number of ether oxygens (including phenoxy) is 1. The van der Waals surface area contributed by atoms with Gasteiger partial charge in [0.05, 0.1) is 11.7 Å². The molecule has 2 atom stereocenters. The van der Waals surface area contributed by atoms with E-state index in [-0.39, 0.29) is 23.9 Å². The Morgan fingerprint density at radius 3 is 2.80 bits per heavy atom. The maximum Gasteiger partial charge on any atom is 0.219 e. The van der Waals surface area contributed by atoms with Gasteiger partial charge in [-0.2, -0.15) is 0 Å².